The van der Waals surface area contributed by atoms with Crippen molar-refractivity contribution in [3.63, 3.8) is 0 Å². The molecule has 0 radical (unpaired) electrons. The fourth-order valence-corrected chi connectivity index (χ4v) is 3.17. The summed E-state index contributed by atoms with van der Waals surface area (Å²) < 4.78 is 10.7. The van der Waals surface area contributed by atoms with Crippen LogP contribution in [0.4, 0.5) is 10.5 Å². The summed E-state index contributed by atoms with van der Waals surface area (Å²) >= 11 is 0. The number of carbonyl (C=O) groups excluding carboxylic acids is 1. The number of ether oxygens (including phenoxy) is 2. The van der Waals surface area contributed by atoms with E-state index in [1.807, 2.05) is 36.4 Å². The highest BCUT2D eigenvalue weighted by molar-refractivity contribution is 5.84. The second-order valence-corrected chi connectivity index (χ2v) is 6.42. The highest BCUT2D eigenvalue weighted by Crippen LogP contribution is 2.37. The number of benzene rings is 2. The van der Waals surface area contributed by atoms with Crippen LogP contribution in [-0.4, -0.2) is 30.4 Å². The first-order chi connectivity index (χ1) is 12.6. The van der Waals surface area contributed by atoms with E-state index in [1.165, 1.54) is 0 Å². The Morgan fingerprint density at radius 2 is 1.96 bits per heavy atom. The van der Waals surface area contributed by atoms with Crippen LogP contribution in [0.25, 0.3) is 0 Å². The molecule has 0 saturated carbocycles. The molecule has 0 spiro atoms. The molecule has 0 aromatic heterocycles. The van der Waals surface area contributed by atoms with Gasteiger partial charge in [-0.2, -0.15) is 0 Å². The summed E-state index contributed by atoms with van der Waals surface area (Å²) in [5.41, 5.74) is 1.76. The monoisotopic (exact) mass is 355 g/mol. The predicted molar refractivity (Wildman–Crippen MR) is 96.1 cm³/mol. The smallest absolute Gasteiger partial charge is 0.411 e. The molecule has 2 aromatic rings. The summed E-state index contributed by atoms with van der Waals surface area (Å²) in [4.78, 5) is 23.3. The highest BCUT2D eigenvalue weighted by Gasteiger charge is 2.39. The summed E-state index contributed by atoms with van der Waals surface area (Å²) in [5.74, 6) is -0.865. The minimum absolute atomic E-state index is 0.00505. The lowest BCUT2D eigenvalue weighted by Gasteiger charge is -2.26. The average molecular weight is 355 g/mol. The van der Waals surface area contributed by atoms with Crippen LogP contribution in [0.15, 0.2) is 54.6 Å². The van der Waals surface area contributed by atoms with Crippen molar-refractivity contribution in [2.45, 2.75) is 24.9 Å². The summed E-state index contributed by atoms with van der Waals surface area (Å²) in [6.45, 7) is 1.08. The number of hydrogen-bond donors (Lipinski definition) is 2. The number of anilines is 1. The van der Waals surface area contributed by atoms with Crippen LogP contribution in [0, 0.1) is 0 Å². The number of carbonyl (C=O) groups is 2. The van der Waals surface area contributed by atoms with Crippen LogP contribution in [0.1, 0.15) is 24.0 Å². The molecular formula is C20H21NO5. The zero-order valence-electron chi connectivity index (χ0n) is 14.3. The van der Waals surface area contributed by atoms with Gasteiger partial charge in [0.1, 0.15) is 6.61 Å². The van der Waals surface area contributed by atoms with Gasteiger partial charge in [0.2, 0.25) is 0 Å². The number of nitrogens with one attached hydrogen (secondary N) is 1. The third kappa shape index (κ3) is 4.40. The maximum absolute atomic E-state index is 12.0. The molecule has 6 nitrogen and oxygen atoms in total. The van der Waals surface area contributed by atoms with Crippen molar-refractivity contribution in [2.24, 2.45) is 0 Å². The van der Waals surface area contributed by atoms with Crippen LogP contribution >= 0.6 is 0 Å². The van der Waals surface area contributed by atoms with Crippen molar-refractivity contribution < 1.29 is 24.2 Å². The van der Waals surface area contributed by atoms with Crippen molar-refractivity contribution in [2.75, 3.05) is 18.5 Å². The van der Waals surface area contributed by atoms with Crippen molar-refractivity contribution in [3.8, 4) is 0 Å². The molecule has 26 heavy (non-hydrogen) atoms. The van der Waals surface area contributed by atoms with Crippen LogP contribution < -0.4 is 5.32 Å². The lowest BCUT2D eigenvalue weighted by Crippen LogP contribution is -2.30. The standard InChI is InChI=1S/C20H21NO5/c22-18(23)12-20(9-10-25-14-20)16-7-4-8-17(11-16)21-19(24)26-13-15-5-2-1-3-6-15/h1-8,11H,9-10,12-14H2,(H,21,24)(H,22,23). The molecule has 1 saturated heterocycles. The molecular weight excluding hydrogens is 334 g/mol. The van der Waals surface area contributed by atoms with Crippen LogP contribution in [0.5, 0.6) is 0 Å². The fraction of sp³-hybridized carbons (Fsp3) is 0.300. The minimum Gasteiger partial charge on any atom is -0.481 e. The maximum atomic E-state index is 12.0. The first kappa shape index (κ1) is 17.9. The summed E-state index contributed by atoms with van der Waals surface area (Å²) in [6.07, 6.45) is 0.0804. The zero-order valence-corrected chi connectivity index (χ0v) is 14.3. The molecule has 1 aliphatic heterocycles. The molecule has 2 N–H and O–H groups in total. The van der Waals surface area contributed by atoms with Crippen LogP contribution in [0.3, 0.4) is 0 Å². The van der Waals surface area contributed by atoms with Gasteiger partial charge in [-0.3, -0.25) is 10.1 Å². The highest BCUT2D eigenvalue weighted by atomic mass is 16.5. The van der Waals surface area contributed by atoms with E-state index in [0.717, 1.165) is 11.1 Å². The van der Waals surface area contributed by atoms with Gasteiger partial charge < -0.3 is 14.6 Å². The Bertz CT molecular complexity index is 769. The summed E-state index contributed by atoms with van der Waals surface area (Å²) in [7, 11) is 0. The number of carboxylic acids is 1. The minimum atomic E-state index is -0.865. The van der Waals surface area contributed by atoms with Gasteiger partial charge >= 0.3 is 12.1 Å². The van der Waals surface area contributed by atoms with E-state index in [-0.39, 0.29) is 13.0 Å². The lowest BCUT2D eigenvalue weighted by atomic mass is 9.77. The third-order valence-electron chi connectivity index (χ3n) is 4.53. The van der Waals surface area contributed by atoms with Gasteiger partial charge in [-0.25, -0.2) is 4.79 Å². The van der Waals surface area contributed by atoms with Crippen LogP contribution in [0.2, 0.25) is 0 Å². The Morgan fingerprint density at radius 3 is 2.65 bits per heavy atom. The molecule has 1 unspecified atom stereocenters. The molecule has 1 heterocycles. The second-order valence-electron chi connectivity index (χ2n) is 6.42. The second kappa shape index (κ2) is 8.01. The van der Waals surface area contributed by atoms with E-state index in [4.69, 9.17) is 9.47 Å². The first-order valence-corrected chi connectivity index (χ1v) is 8.45. The van der Waals surface area contributed by atoms with Gasteiger partial charge in [0.25, 0.3) is 0 Å². The Hall–Kier alpha value is -2.86. The Balaban J connectivity index is 1.67. The molecule has 0 aliphatic carbocycles. The Labute approximate surface area is 151 Å². The molecule has 0 bridgehead atoms. The molecule has 1 fully saturated rings. The van der Waals surface area contributed by atoms with Gasteiger partial charge in [0.05, 0.1) is 13.0 Å². The zero-order chi connectivity index (χ0) is 18.4. The van der Waals surface area contributed by atoms with Crippen LogP contribution in [-0.2, 0) is 26.3 Å². The van der Waals surface area contributed by atoms with Gasteiger partial charge in [0, 0.05) is 17.7 Å². The third-order valence-corrected chi connectivity index (χ3v) is 4.53. The molecule has 1 aliphatic rings. The van der Waals surface area contributed by atoms with E-state index in [1.54, 1.807) is 18.2 Å². The van der Waals surface area contributed by atoms with E-state index in [9.17, 15) is 14.7 Å². The number of aliphatic carboxylic acids is 1. The molecule has 136 valence electrons. The van der Waals surface area contributed by atoms with Gasteiger partial charge in [-0.15, -0.1) is 0 Å². The molecule has 1 atom stereocenters. The number of rotatable bonds is 6. The Morgan fingerprint density at radius 1 is 1.15 bits per heavy atom. The van der Waals surface area contributed by atoms with Gasteiger partial charge in [-0.05, 0) is 29.7 Å². The van der Waals surface area contributed by atoms with Crippen molar-refractivity contribution in [3.05, 3.63) is 65.7 Å². The fourth-order valence-electron chi connectivity index (χ4n) is 3.17. The molecule has 1 amide bonds. The summed E-state index contributed by atoms with van der Waals surface area (Å²) in [5, 5.41) is 11.9. The number of hydrogen-bond acceptors (Lipinski definition) is 4. The maximum Gasteiger partial charge on any atom is 0.411 e. The lowest BCUT2D eigenvalue weighted by molar-refractivity contribution is -0.138. The van der Waals surface area contributed by atoms with E-state index in [0.29, 0.717) is 25.3 Å². The van der Waals surface area contributed by atoms with E-state index < -0.39 is 17.5 Å². The SMILES string of the molecule is O=C(O)CC1(c2cccc(NC(=O)OCc3ccccc3)c2)CCOC1. The Kier molecular flexibility index (Phi) is 5.53. The topological polar surface area (TPSA) is 84.9 Å². The molecule has 2 aromatic carbocycles. The van der Waals surface area contributed by atoms with Gasteiger partial charge in [0.15, 0.2) is 0 Å². The normalized spacial score (nSPS) is 19.1. The quantitative estimate of drug-likeness (QED) is 0.827. The largest absolute Gasteiger partial charge is 0.481 e. The van der Waals surface area contributed by atoms with Gasteiger partial charge in [-0.1, -0.05) is 42.5 Å². The summed E-state index contributed by atoms with van der Waals surface area (Å²) in [6, 6.07) is 16.6. The van der Waals surface area contributed by atoms with Crippen molar-refractivity contribution >= 4 is 17.7 Å². The van der Waals surface area contributed by atoms with Crippen molar-refractivity contribution in [1.82, 2.24) is 0 Å². The number of amides is 1. The molecule has 3 rings (SSSR count). The predicted octanol–water partition coefficient (Wildman–Crippen LogP) is 3.57. The molecule has 6 heteroatoms. The van der Waals surface area contributed by atoms with Crippen molar-refractivity contribution in [1.29, 1.82) is 0 Å². The average Bonchev–Trinajstić information content (AvgIpc) is 3.10. The van der Waals surface area contributed by atoms with E-state index >= 15 is 0 Å². The number of carboxylic acid groups (broad SMARTS) is 1. The van der Waals surface area contributed by atoms with E-state index in [2.05, 4.69) is 5.32 Å². The first-order valence-electron chi connectivity index (χ1n) is 8.45.